The van der Waals surface area contributed by atoms with Crippen LogP contribution in [-0.4, -0.2) is 43.5 Å². The summed E-state index contributed by atoms with van der Waals surface area (Å²) >= 11 is 7.22. The number of hydrogen-bond donors (Lipinski definition) is 1. The second-order valence-corrected chi connectivity index (χ2v) is 9.17. The van der Waals surface area contributed by atoms with Gasteiger partial charge in [-0.25, -0.2) is 4.79 Å². The van der Waals surface area contributed by atoms with Crippen LogP contribution in [0.4, 0.5) is 10.5 Å². The van der Waals surface area contributed by atoms with Crippen LogP contribution < -0.4 is 5.32 Å². The van der Waals surface area contributed by atoms with Gasteiger partial charge in [0.2, 0.25) is 0 Å². The monoisotopic (exact) mass is 554 g/mol. The first-order valence-corrected chi connectivity index (χ1v) is 12.3. The molecule has 0 saturated carbocycles. The number of nitrogens with one attached hydrogen (secondary N) is 1. The number of urea groups is 1. The van der Waals surface area contributed by atoms with Gasteiger partial charge in [0.15, 0.2) is 6.29 Å². The Bertz CT molecular complexity index is 802. The number of amides is 2. The summed E-state index contributed by atoms with van der Waals surface area (Å²) in [5.74, 6) is 0.387. The fourth-order valence-electron chi connectivity index (χ4n) is 3.12. The smallest absolute Gasteiger partial charge is 0.322 e. The average Bonchev–Trinajstić information content (AvgIpc) is 2.74. The summed E-state index contributed by atoms with van der Waals surface area (Å²) in [5.41, 5.74) is 3.07. The lowest BCUT2D eigenvalue weighted by molar-refractivity contribution is -0.142. The van der Waals surface area contributed by atoms with Crippen LogP contribution in [0.2, 0.25) is 0 Å². The van der Waals surface area contributed by atoms with Crippen LogP contribution in [0.15, 0.2) is 51.4 Å². The molecule has 2 amide bonds. The number of halogens is 2. The molecular weight excluding hydrogens is 524 g/mol. The summed E-state index contributed by atoms with van der Waals surface area (Å²) in [5, 5.41) is 3.05. The molecule has 0 aromatic heterocycles. The molecule has 0 bridgehead atoms. The molecule has 0 atom stereocenters. The molecule has 7 heteroatoms. The van der Waals surface area contributed by atoms with Gasteiger partial charge in [0.25, 0.3) is 0 Å². The van der Waals surface area contributed by atoms with Gasteiger partial charge in [-0.3, -0.25) is 0 Å². The lowest BCUT2D eigenvalue weighted by atomic mass is 10.0. The second-order valence-electron chi connectivity index (χ2n) is 7.47. The molecule has 0 spiro atoms. The molecule has 0 aliphatic heterocycles. The number of rotatable bonds is 11. The van der Waals surface area contributed by atoms with Gasteiger partial charge in [0.1, 0.15) is 0 Å². The number of benzene rings is 2. The first kappa shape index (κ1) is 25.8. The van der Waals surface area contributed by atoms with Crippen molar-refractivity contribution in [2.45, 2.75) is 46.3 Å². The van der Waals surface area contributed by atoms with Crippen molar-refractivity contribution in [1.82, 2.24) is 4.90 Å². The summed E-state index contributed by atoms with van der Waals surface area (Å²) in [4.78, 5) is 15.0. The minimum Gasteiger partial charge on any atom is -0.351 e. The highest BCUT2D eigenvalue weighted by Crippen LogP contribution is 2.35. The van der Waals surface area contributed by atoms with Crippen LogP contribution in [0.3, 0.4) is 0 Å². The maximum absolute atomic E-state index is 13.3. The Balaban J connectivity index is 2.20. The van der Waals surface area contributed by atoms with Crippen molar-refractivity contribution in [2.75, 3.05) is 31.6 Å². The van der Waals surface area contributed by atoms with Crippen LogP contribution in [0.1, 0.15) is 44.7 Å². The van der Waals surface area contributed by atoms with E-state index in [9.17, 15) is 4.79 Å². The number of ether oxygens (including phenoxy) is 2. The molecular formula is C24H32Br2N2O3. The highest BCUT2D eigenvalue weighted by Gasteiger charge is 2.22. The Morgan fingerprint density at radius 2 is 1.61 bits per heavy atom. The highest BCUT2D eigenvalue weighted by atomic mass is 79.9. The van der Waals surface area contributed by atoms with Gasteiger partial charge in [-0.1, -0.05) is 44.2 Å². The van der Waals surface area contributed by atoms with Crippen molar-refractivity contribution in [1.29, 1.82) is 0 Å². The van der Waals surface area contributed by atoms with Crippen LogP contribution in [0, 0.1) is 0 Å². The van der Waals surface area contributed by atoms with E-state index < -0.39 is 6.29 Å². The lowest BCUT2D eigenvalue weighted by Gasteiger charge is -2.28. The number of anilines is 1. The molecule has 0 radical (unpaired) electrons. The SMILES string of the molecule is CCOC(CN(CCc1ccccc1)C(=O)Nc1c(Br)cc(C(C)C)cc1Br)OCC. The number of carbonyl (C=O) groups excluding carboxylic acids is 1. The fourth-order valence-corrected chi connectivity index (χ4v) is 4.54. The summed E-state index contributed by atoms with van der Waals surface area (Å²) in [7, 11) is 0. The molecule has 0 aliphatic carbocycles. The van der Waals surface area contributed by atoms with E-state index in [1.165, 1.54) is 11.1 Å². The summed E-state index contributed by atoms with van der Waals surface area (Å²) in [6.45, 7) is 10.1. The van der Waals surface area contributed by atoms with E-state index >= 15 is 0 Å². The van der Waals surface area contributed by atoms with Gasteiger partial charge < -0.3 is 19.7 Å². The molecule has 0 aliphatic rings. The third-order valence-electron chi connectivity index (χ3n) is 4.84. The number of carbonyl (C=O) groups is 1. The fraction of sp³-hybridized carbons (Fsp3) is 0.458. The molecule has 1 N–H and O–H groups in total. The van der Waals surface area contributed by atoms with Crippen LogP contribution >= 0.6 is 31.9 Å². The zero-order valence-electron chi connectivity index (χ0n) is 18.7. The van der Waals surface area contributed by atoms with E-state index in [0.717, 1.165) is 15.4 Å². The number of nitrogens with zero attached hydrogens (tertiary/aromatic N) is 1. The minimum atomic E-state index is -0.466. The van der Waals surface area contributed by atoms with E-state index in [-0.39, 0.29) is 6.03 Å². The van der Waals surface area contributed by atoms with Crippen molar-refractivity contribution < 1.29 is 14.3 Å². The zero-order valence-corrected chi connectivity index (χ0v) is 21.8. The molecule has 0 fully saturated rings. The first-order valence-electron chi connectivity index (χ1n) is 10.7. The maximum atomic E-state index is 13.3. The van der Waals surface area contributed by atoms with Crippen molar-refractivity contribution in [3.8, 4) is 0 Å². The van der Waals surface area contributed by atoms with Gasteiger partial charge in [-0.2, -0.15) is 0 Å². The van der Waals surface area contributed by atoms with Crippen LogP contribution in [-0.2, 0) is 15.9 Å². The van der Waals surface area contributed by atoms with Crippen molar-refractivity contribution in [3.05, 3.63) is 62.5 Å². The van der Waals surface area contributed by atoms with E-state index in [2.05, 4.69) is 63.2 Å². The molecule has 0 unspecified atom stereocenters. The average molecular weight is 556 g/mol. The highest BCUT2D eigenvalue weighted by molar-refractivity contribution is 9.11. The van der Waals surface area contributed by atoms with Crippen molar-refractivity contribution >= 4 is 43.6 Å². The molecule has 2 rings (SSSR count). The predicted molar refractivity (Wildman–Crippen MR) is 134 cm³/mol. The Morgan fingerprint density at radius 3 is 2.13 bits per heavy atom. The lowest BCUT2D eigenvalue weighted by Crippen LogP contribution is -2.43. The van der Waals surface area contributed by atoms with E-state index in [1.807, 2.05) is 44.2 Å². The third kappa shape index (κ3) is 8.22. The predicted octanol–water partition coefficient (Wildman–Crippen LogP) is 6.81. The Hall–Kier alpha value is -1.41. The number of hydrogen-bond acceptors (Lipinski definition) is 3. The summed E-state index contributed by atoms with van der Waals surface area (Å²) in [6.07, 6.45) is 0.278. The first-order chi connectivity index (χ1) is 14.8. The maximum Gasteiger partial charge on any atom is 0.322 e. The van der Waals surface area contributed by atoms with Crippen LogP contribution in [0.5, 0.6) is 0 Å². The Morgan fingerprint density at radius 1 is 1.03 bits per heavy atom. The standard InChI is InChI=1S/C24H32Br2N2O3/c1-5-30-22(31-6-2)16-28(13-12-18-10-8-7-9-11-18)24(29)27-23-20(25)14-19(17(3)4)15-21(23)26/h7-11,14-15,17,22H,5-6,12-13,16H2,1-4H3,(H,27,29). The molecule has 2 aromatic carbocycles. The molecule has 2 aromatic rings. The molecule has 31 heavy (non-hydrogen) atoms. The van der Waals surface area contributed by atoms with Gasteiger partial charge >= 0.3 is 6.03 Å². The van der Waals surface area contributed by atoms with Gasteiger partial charge in [-0.15, -0.1) is 0 Å². The molecule has 0 saturated heterocycles. The quantitative estimate of drug-likeness (QED) is 0.310. The normalized spacial score (nSPS) is 11.2. The second kappa shape index (κ2) is 13.2. The third-order valence-corrected chi connectivity index (χ3v) is 6.09. The van der Waals surface area contributed by atoms with Crippen LogP contribution in [0.25, 0.3) is 0 Å². The van der Waals surface area contributed by atoms with E-state index in [1.54, 1.807) is 4.90 Å². The molecule has 170 valence electrons. The largest absolute Gasteiger partial charge is 0.351 e. The van der Waals surface area contributed by atoms with Crippen molar-refractivity contribution in [3.63, 3.8) is 0 Å². The Kier molecular flexibility index (Phi) is 11.0. The van der Waals surface area contributed by atoms with Crippen molar-refractivity contribution in [2.24, 2.45) is 0 Å². The van der Waals surface area contributed by atoms with E-state index in [4.69, 9.17) is 9.47 Å². The van der Waals surface area contributed by atoms with Gasteiger partial charge in [-0.05, 0) is 81.3 Å². The minimum absolute atomic E-state index is 0.195. The van der Waals surface area contributed by atoms with Gasteiger partial charge in [0, 0.05) is 28.7 Å². The zero-order chi connectivity index (χ0) is 22.8. The Labute approximate surface area is 202 Å². The molecule has 5 nitrogen and oxygen atoms in total. The topological polar surface area (TPSA) is 50.8 Å². The summed E-state index contributed by atoms with van der Waals surface area (Å²) in [6, 6.07) is 14.0. The van der Waals surface area contributed by atoms with E-state index in [0.29, 0.717) is 37.9 Å². The molecule has 0 heterocycles. The van der Waals surface area contributed by atoms with Gasteiger partial charge in [0.05, 0.1) is 12.2 Å². The summed E-state index contributed by atoms with van der Waals surface area (Å²) < 4.78 is 13.1.